The van der Waals surface area contributed by atoms with Crippen LogP contribution in [0, 0.1) is 0 Å². The Labute approximate surface area is 540 Å². The second kappa shape index (κ2) is 32.5. The topological polar surface area (TPSA) is 86.4 Å². The zero-order valence-corrected chi connectivity index (χ0v) is 56.3. The average Bonchev–Trinajstić information content (AvgIpc) is 1.68. The third kappa shape index (κ3) is 20.3. The van der Waals surface area contributed by atoms with Crippen molar-refractivity contribution in [3.05, 3.63) is 191 Å². The summed E-state index contributed by atoms with van der Waals surface area (Å²) < 4.78 is 28.4. The maximum Gasteiger partial charge on any atom is 0.119 e. The van der Waals surface area contributed by atoms with E-state index in [4.69, 9.17) is 38.9 Å². The molecule has 8 bridgehead atoms. The lowest BCUT2D eigenvalue weighted by molar-refractivity contribution is -0.870. The number of nitrogens with zero attached hydrogens (tertiary/aromatic N) is 7. The monoisotopic (exact) mass is 1210 g/mol. The third-order valence-electron chi connectivity index (χ3n) is 16.9. The molecule has 0 amide bonds. The first kappa shape index (κ1) is 67.0. The van der Waals surface area contributed by atoms with Gasteiger partial charge in [0.2, 0.25) is 0 Å². The molecule has 5 aliphatic rings. The molecule has 476 valence electrons. The van der Waals surface area contributed by atoms with E-state index in [0.29, 0.717) is 26.4 Å². The SMILES string of the molecule is CCCCCCCCCCCOc1ccc(C2=C3C=CC(=N3)C(c3ccc(OCCCCC[N+](C)(C)C)cc3)=C3C=CC(=N3)C(c3ccc(OCCCCC[N+](C)(C)C)cc3)=C3C=CC(=N3)C(c3ccc(OCCCCC[N+](C)(C)C)cc3)=C3C=CC2=N3)cc1. The van der Waals surface area contributed by atoms with Crippen molar-refractivity contribution in [1.29, 1.82) is 0 Å². The van der Waals surface area contributed by atoms with Crippen molar-refractivity contribution >= 4 is 45.1 Å². The van der Waals surface area contributed by atoms with Crippen LogP contribution in [0.1, 0.15) is 145 Å². The molecule has 0 N–H and O–H groups in total. The van der Waals surface area contributed by atoms with E-state index >= 15 is 0 Å². The van der Waals surface area contributed by atoms with Gasteiger partial charge in [-0.05, 0) is 184 Å². The molecule has 90 heavy (non-hydrogen) atoms. The average molecular weight is 1220 g/mol. The Hall–Kier alpha value is -7.44. The minimum absolute atomic E-state index is 0.676. The van der Waals surface area contributed by atoms with Gasteiger partial charge in [-0.25, -0.2) is 20.0 Å². The van der Waals surface area contributed by atoms with Gasteiger partial charge in [0.25, 0.3) is 0 Å². The lowest BCUT2D eigenvalue weighted by Gasteiger charge is -2.23. The number of quaternary nitrogens is 3. The van der Waals surface area contributed by atoms with Crippen molar-refractivity contribution < 1.29 is 32.4 Å². The Bertz CT molecular complexity index is 3370. The van der Waals surface area contributed by atoms with E-state index in [1.165, 1.54) is 70.6 Å². The predicted molar refractivity (Wildman–Crippen MR) is 379 cm³/mol. The first-order chi connectivity index (χ1) is 43.5. The van der Waals surface area contributed by atoms with Gasteiger partial charge in [-0.15, -0.1) is 0 Å². The van der Waals surface area contributed by atoms with Crippen molar-refractivity contribution in [2.45, 2.75) is 122 Å². The summed E-state index contributed by atoms with van der Waals surface area (Å²) in [6, 6.07) is 33.9. The Kier molecular flexibility index (Phi) is 24.2. The highest BCUT2D eigenvalue weighted by Gasteiger charge is 2.28. The number of allylic oxidation sites excluding steroid dienone is 12. The molecule has 4 aromatic rings. The zero-order chi connectivity index (χ0) is 63.4. The fraction of sp³-hybridized carbons (Fsp3) is 0.443. The molecular formula is C79H104N7O4+3. The Balaban J connectivity index is 1.09. The van der Waals surface area contributed by atoms with Crippen LogP contribution in [0.25, 0.3) is 22.3 Å². The molecule has 9 rings (SSSR count). The van der Waals surface area contributed by atoms with Crippen LogP contribution in [0.4, 0.5) is 0 Å². The minimum Gasteiger partial charge on any atom is -0.494 e. The molecule has 0 atom stereocenters. The van der Waals surface area contributed by atoms with Gasteiger partial charge in [0.1, 0.15) is 23.0 Å². The number of aliphatic imine (C=N–C) groups is 4. The predicted octanol–water partition coefficient (Wildman–Crippen LogP) is 17.4. The second-order valence-corrected chi connectivity index (χ2v) is 27.9. The number of hydrogen-bond acceptors (Lipinski definition) is 8. The summed E-state index contributed by atoms with van der Waals surface area (Å²) in [4.78, 5) is 22.3. The standard InChI is InChI=1S/C79H104N7O4/c1-11-12-13-14-15-16-17-18-25-56-87-64-37-29-60(30-38-64)76-68-45-47-70(80-68)77(61-31-39-65(40-32-61)88-57-26-19-22-53-84(2,3)4)72-49-51-74(82-72)79(63-35-43-67(44-36-63)90-59-28-21-24-55-86(8,9)10)75-52-50-73(83-75)78(71-48-46-69(76)81-71)62-33-41-66(42-34-62)89-58-27-20-23-54-85(5,6)7/h29-52H,11-28,53-59H2,1-10H3/q+3. The van der Waals surface area contributed by atoms with Gasteiger partial charge in [0, 0.05) is 22.3 Å². The van der Waals surface area contributed by atoms with Crippen LogP contribution in [-0.2, 0) is 0 Å². The van der Waals surface area contributed by atoms with Crippen molar-refractivity contribution in [3.63, 3.8) is 0 Å². The number of unbranched alkanes of at least 4 members (excludes halogenated alkanes) is 14. The Morgan fingerprint density at radius 3 is 0.689 bits per heavy atom. The molecule has 0 spiro atoms. The second-order valence-electron chi connectivity index (χ2n) is 27.9. The highest BCUT2D eigenvalue weighted by atomic mass is 16.5. The molecule has 0 aromatic heterocycles. The minimum atomic E-state index is 0.676. The molecule has 11 nitrogen and oxygen atoms in total. The number of rotatable bonds is 36. The summed E-state index contributed by atoms with van der Waals surface area (Å²) in [6.07, 6.45) is 38.5. The first-order valence-corrected chi connectivity index (χ1v) is 33.9. The van der Waals surface area contributed by atoms with Gasteiger partial charge < -0.3 is 32.4 Å². The highest BCUT2D eigenvalue weighted by Crippen LogP contribution is 2.40. The summed E-state index contributed by atoms with van der Waals surface area (Å²) in [6.45, 7) is 8.46. The van der Waals surface area contributed by atoms with Gasteiger partial charge in [0.05, 0.1) is 155 Å². The van der Waals surface area contributed by atoms with Crippen LogP contribution < -0.4 is 18.9 Å². The van der Waals surface area contributed by atoms with Gasteiger partial charge in [-0.1, -0.05) is 107 Å². The number of benzene rings is 4. The molecule has 11 heteroatoms. The molecule has 0 unspecified atom stereocenters. The van der Waals surface area contributed by atoms with Crippen molar-refractivity contribution in [2.24, 2.45) is 20.0 Å². The third-order valence-corrected chi connectivity index (χ3v) is 16.9. The van der Waals surface area contributed by atoms with Crippen LogP contribution >= 0.6 is 0 Å². The zero-order valence-electron chi connectivity index (χ0n) is 56.3. The summed E-state index contributed by atoms with van der Waals surface area (Å²) >= 11 is 0. The van der Waals surface area contributed by atoms with E-state index in [0.717, 1.165) is 191 Å². The maximum atomic E-state index is 6.38. The van der Waals surface area contributed by atoms with E-state index in [9.17, 15) is 0 Å². The maximum absolute atomic E-state index is 6.38. The van der Waals surface area contributed by atoms with Crippen molar-refractivity contribution in [3.8, 4) is 23.0 Å². The Morgan fingerprint density at radius 1 is 0.256 bits per heavy atom. The van der Waals surface area contributed by atoms with Crippen LogP contribution in [-0.4, -0.2) is 146 Å². The molecule has 0 radical (unpaired) electrons. The molecule has 0 aliphatic carbocycles. The summed E-state index contributed by atoms with van der Waals surface area (Å²) in [5.41, 5.74) is 14.1. The lowest BCUT2D eigenvalue weighted by Crippen LogP contribution is -2.35. The van der Waals surface area contributed by atoms with Gasteiger partial charge in [-0.3, -0.25) is 0 Å². The molecule has 5 aliphatic heterocycles. The smallest absolute Gasteiger partial charge is 0.119 e. The quantitative estimate of drug-likeness (QED) is 0.0335. The normalized spacial score (nSPS) is 15.6. The first-order valence-electron chi connectivity index (χ1n) is 33.9. The van der Waals surface area contributed by atoms with E-state index in [1.807, 2.05) is 0 Å². The Morgan fingerprint density at radius 2 is 0.467 bits per heavy atom. The van der Waals surface area contributed by atoms with Crippen LogP contribution in [0.15, 0.2) is 188 Å². The number of ether oxygens (including phenoxy) is 4. The van der Waals surface area contributed by atoms with Crippen LogP contribution in [0.5, 0.6) is 23.0 Å². The summed E-state index contributed by atoms with van der Waals surface area (Å²) in [5.74, 6) is 3.40. The van der Waals surface area contributed by atoms with Gasteiger partial charge in [-0.2, -0.15) is 0 Å². The molecule has 0 fully saturated rings. The lowest BCUT2D eigenvalue weighted by atomic mass is 9.98. The largest absolute Gasteiger partial charge is 0.494 e. The number of fused-ring (bicyclic) bond motifs is 4. The molecule has 0 saturated heterocycles. The van der Waals surface area contributed by atoms with E-state index in [-0.39, 0.29) is 0 Å². The van der Waals surface area contributed by atoms with E-state index in [1.54, 1.807) is 0 Å². The van der Waals surface area contributed by atoms with Gasteiger partial charge >= 0.3 is 0 Å². The summed E-state index contributed by atoms with van der Waals surface area (Å²) in [5, 5.41) is 0. The van der Waals surface area contributed by atoms with E-state index in [2.05, 4.69) is 216 Å². The highest BCUT2D eigenvalue weighted by molar-refractivity contribution is 6.39. The molecule has 5 heterocycles. The molecule has 4 aromatic carbocycles. The van der Waals surface area contributed by atoms with Gasteiger partial charge in [0.15, 0.2) is 0 Å². The van der Waals surface area contributed by atoms with Crippen LogP contribution in [0.3, 0.4) is 0 Å². The van der Waals surface area contributed by atoms with E-state index < -0.39 is 0 Å². The number of hydrogen-bond donors (Lipinski definition) is 0. The fourth-order valence-electron chi connectivity index (χ4n) is 11.9. The van der Waals surface area contributed by atoms with Crippen molar-refractivity contribution in [2.75, 3.05) is 109 Å². The fourth-order valence-corrected chi connectivity index (χ4v) is 11.9. The molecular weight excluding hydrogens is 1110 g/mol. The van der Waals surface area contributed by atoms with Crippen LogP contribution in [0.2, 0.25) is 0 Å². The summed E-state index contributed by atoms with van der Waals surface area (Å²) in [7, 11) is 20.3. The molecule has 0 saturated carbocycles. The van der Waals surface area contributed by atoms with Crippen molar-refractivity contribution in [1.82, 2.24) is 0 Å².